The van der Waals surface area contributed by atoms with E-state index in [0.717, 1.165) is 16.6 Å². The lowest BCUT2D eigenvalue weighted by atomic mass is 10.1. The molecule has 0 aliphatic rings. The van der Waals surface area contributed by atoms with Crippen LogP contribution in [0.15, 0.2) is 45.7 Å². The van der Waals surface area contributed by atoms with Crippen molar-refractivity contribution in [3.63, 3.8) is 0 Å². The monoisotopic (exact) mass is 418 g/mol. The number of fused-ring (bicyclic) bond motifs is 1. The smallest absolute Gasteiger partial charge is 0.272 e. The first kappa shape index (κ1) is 20.3. The van der Waals surface area contributed by atoms with Gasteiger partial charge in [0.2, 0.25) is 5.82 Å². The first-order valence-corrected chi connectivity index (χ1v) is 9.79. The number of hydrogen-bond donors (Lipinski definition) is 0. The van der Waals surface area contributed by atoms with Crippen LogP contribution in [0.5, 0.6) is 11.5 Å². The molecule has 2 aromatic heterocycles. The molecule has 0 unspecified atom stereocenters. The lowest BCUT2D eigenvalue weighted by molar-refractivity contribution is 0.355. The minimum absolute atomic E-state index is 0.0788. The molecule has 0 aliphatic carbocycles. The zero-order valence-electron chi connectivity index (χ0n) is 17.7. The van der Waals surface area contributed by atoms with Crippen LogP contribution in [0, 0.1) is 6.92 Å². The number of rotatable bonds is 6. The Bertz CT molecular complexity index is 1340. The molecule has 0 saturated carbocycles. The Balaban J connectivity index is 1.63. The van der Waals surface area contributed by atoms with Gasteiger partial charge in [-0.25, -0.2) is 4.98 Å². The maximum Gasteiger partial charge on any atom is 0.272 e. The van der Waals surface area contributed by atoms with Gasteiger partial charge in [-0.15, -0.1) is 0 Å². The highest BCUT2D eigenvalue weighted by Gasteiger charge is 2.12. The Labute approximate surface area is 178 Å². The summed E-state index contributed by atoms with van der Waals surface area (Å²) in [7, 11) is 3.19. The number of ether oxygens (including phenoxy) is 2. The molecule has 0 aliphatic heterocycles. The predicted octanol–water partition coefficient (Wildman–Crippen LogP) is 3.96. The quantitative estimate of drug-likeness (QED) is 0.468. The second kappa shape index (κ2) is 8.43. The summed E-state index contributed by atoms with van der Waals surface area (Å²) in [5.41, 5.74) is 3.53. The molecular weight excluding hydrogens is 396 g/mol. The molecule has 8 heteroatoms. The van der Waals surface area contributed by atoms with Crippen molar-refractivity contribution in [1.82, 2.24) is 19.7 Å². The number of aryl methyl sites for hydroxylation is 2. The Morgan fingerprint density at radius 3 is 2.58 bits per heavy atom. The lowest BCUT2D eigenvalue weighted by Gasteiger charge is -2.09. The maximum absolute atomic E-state index is 12.3. The van der Waals surface area contributed by atoms with Crippen molar-refractivity contribution in [2.45, 2.75) is 20.4 Å². The molecule has 0 fully saturated rings. The normalized spacial score (nSPS) is 11.4. The molecule has 0 saturated heterocycles. The van der Waals surface area contributed by atoms with Crippen molar-refractivity contribution in [2.75, 3.05) is 14.2 Å². The van der Waals surface area contributed by atoms with Gasteiger partial charge in [0.25, 0.3) is 11.4 Å². The van der Waals surface area contributed by atoms with Gasteiger partial charge in [0.1, 0.15) is 5.69 Å². The highest BCUT2D eigenvalue weighted by Crippen LogP contribution is 2.28. The van der Waals surface area contributed by atoms with E-state index in [1.54, 1.807) is 31.8 Å². The Morgan fingerprint density at radius 1 is 1.03 bits per heavy atom. The molecule has 158 valence electrons. The third-order valence-electron chi connectivity index (χ3n) is 4.95. The second-order valence-electron chi connectivity index (χ2n) is 6.85. The minimum atomic E-state index is -0.0788. The van der Waals surface area contributed by atoms with Gasteiger partial charge >= 0.3 is 0 Å². The minimum Gasteiger partial charge on any atom is -0.493 e. The van der Waals surface area contributed by atoms with E-state index in [4.69, 9.17) is 14.0 Å². The van der Waals surface area contributed by atoms with E-state index < -0.39 is 0 Å². The molecule has 0 N–H and O–H groups in total. The standard InChI is InChI=1S/C23H22N4O4/c1-5-27-18-9-8-16(13-17(18)24-14(2)23(27)28)22-25-21(31-26-22)11-7-15-6-10-19(29-3)20(12-15)30-4/h6-13H,5H2,1-4H3/b11-7+. The van der Waals surface area contributed by atoms with E-state index in [-0.39, 0.29) is 5.56 Å². The molecule has 2 aromatic carbocycles. The van der Waals surface area contributed by atoms with Crippen molar-refractivity contribution in [2.24, 2.45) is 0 Å². The van der Waals surface area contributed by atoms with Gasteiger partial charge in [-0.05, 0) is 55.8 Å². The van der Waals surface area contributed by atoms with Gasteiger partial charge in [0.15, 0.2) is 11.5 Å². The van der Waals surface area contributed by atoms with Gasteiger partial charge in [-0.3, -0.25) is 4.79 Å². The molecule has 0 radical (unpaired) electrons. The number of benzene rings is 2. The fraction of sp³-hybridized carbons (Fsp3) is 0.217. The van der Waals surface area contributed by atoms with E-state index in [9.17, 15) is 4.79 Å². The van der Waals surface area contributed by atoms with Crippen LogP contribution >= 0.6 is 0 Å². The zero-order chi connectivity index (χ0) is 22.0. The Morgan fingerprint density at radius 2 is 1.84 bits per heavy atom. The molecule has 8 nitrogen and oxygen atoms in total. The molecule has 0 amide bonds. The molecule has 4 aromatic rings. The molecule has 4 rings (SSSR count). The number of nitrogens with zero attached hydrogens (tertiary/aromatic N) is 4. The Kier molecular flexibility index (Phi) is 5.53. The highest BCUT2D eigenvalue weighted by atomic mass is 16.5. The molecule has 31 heavy (non-hydrogen) atoms. The van der Waals surface area contributed by atoms with Gasteiger partial charge in [0, 0.05) is 18.2 Å². The molecule has 0 spiro atoms. The third-order valence-corrected chi connectivity index (χ3v) is 4.95. The van der Waals surface area contributed by atoms with Crippen LogP contribution < -0.4 is 15.0 Å². The Hall–Kier alpha value is -3.94. The van der Waals surface area contributed by atoms with Crippen LogP contribution in [0.3, 0.4) is 0 Å². The summed E-state index contributed by atoms with van der Waals surface area (Å²) in [6.07, 6.45) is 3.58. The van der Waals surface area contributed by atoms with Crippen LogP contribution in [0.2, 0.25) is 0 Å². The maximum atomic E-state index is 12.3. The SMILES string of the molecule is CCn1c(=O)c(C)nc2cc(-c3noc(/C=C/c4ccc(OC)c(OC)c4)n3)ccc21. The van der Waals surface area contributed by atoms with E-state index in [1.807, 2.05) is 49.4 Å². The van der Waals surface area contributed by atoms with Crippen LogP contribution in [0.4, 0.5) is 0 Å². The van der Waals surface area contributed by atoms with Crippen molar-refractivity contribution in [3.8, 4) is 22.9 Å². The van der Waals surface area contributed by atoms with Crippen molar-refractivity contribution in [1.29, 1.82) is 0 Å². The van der Waals surface area contributed by atoms with Crippen LogP contribution in [0.1, 0.15) is 24.1 Å². The second-order valence-corrected chi connectivity index (χ2v) is 6.85. The lowest BCUT2D eigenvalue weighted by Crippen LogP contribution is -2.23. The van der Waals surface area contributed by atoms with Crippen LogP contribution in [-0.2, 0) is 6.54 Å². The first-order chi connectivity index (χ1) is 15.0. The van der Waals surface area contributed by atoms with Gasteiger partial charge in [0.05, 0.1) is 25.3 Å². The summed E-state index contributed by atoms with van der Waals surface area (Å²) >= 11 is 0. The summed E-state index contributed by atoms with van der Waals surface area (Å²) in [4.78, 5) is 21.1. The van der Waals surface area contributed by atoms with Gasteiger partial charge in [-0.2, -0.15) is 4.98 Å². The summed E-state index contributed by atoms with van der Waals surface area (Å²) in [6, 6.07) is 11.2. The fourth-order valence-electron chi connectivity index (χ4n) is 3.37. The average Bonchev–Trinajstić information content (AvgIpc) is 3.27. The van der Waals surface area contributed by atoms with Gasteiger partial charge < -0.3 is 18.6 Å². The highest BCUT2D eigenvalue weighted by molar-refractivity contribution is 5.80. The van der Waals surface area contributed by atoms with Crippen LogP contribution in [0.25, 0.3) is 34.6 Å². The average molecular weight is 418 g/mol. The van der Waals surface area contributed by atoms with Gasteiger partial charge in [-0.1, -0.05) is 11.2 Å². The fourth-order valence-corrected chi connectivity index (χ4v) is 3.37. The van der Waals surface area contributed by atoms with Crippen molar-refractivity contribution < 1.29 is 14.0 Å². The number of hydrogen-bond acceptors (Lipinski definition) is 7. The largest absolute Gasteiger partial charge is 0.493 e. The first-order valence-electron chi connectivity index (χ1n) is 9.79. The van der Waals surface area contributed by atoms with Crippen LogP contribution in [-0.4, -0.2) is 33.9 Å². The summed E-state index contributed by atoms with van der Waals surface area (Å²) in [5.74, 6) is 2.11. The zero-order valence-corrected chi connectivity index (χ0v) is 17.7. The summed E-state index contributed by atoms with van der Waals surface area (Å²) < 4.78 is 17.6. The van der Waals surface area contributed by atoms with Crippen molar-refractivity contribution >= 4 is 23.2 Å². The predicted molar refractivity (Wildman–Crippen MR) is 118 cm³/mol. The number of aromatic nitrogens is 4. The molecule has 0 atom stereocenters. The summed E-state index contributed by atoms with van der Waals surface area (Å²) in [6.45, 7) is 4.22. The number of methoxy groups -OCH3 is 2. The van der Waals surface area contributed by atoms with E-state index in [0.29, 0.717) is 41.0 Å². The van der Waals surface area contributed by atoms with Crippen molar-refractivity contribution in [3.05, 3.63) is 63.9 Å². The van der Waals surface area contributed by atoms with E-state index in [2.05, 4.69) is 15.1 Å². The third kappa shape index (κ3) is 3.92. The molecule has 2 heterocycles. The molecule has 0 bridgehead atoms. The summed E-state index contributed by atoms with van der Waals surface area (Å²) in [5, 5.41) is 4.07. The van der Waals surface area contributed by atoms with E-state index >= 15 is 0 Å². The van der Waals surface area contributed by atoms with E-state index in [1.165, 1.54) is 0 Å². The molecular formula is C23H22N4O4. The topological polar surface area (TPSA) is 92.3 Å².